The average Bonchev–Trinajstić information content (AvgIpc) is 3.41. The Morgan fingerprint density at radius 1 is 1.06 bits per heavy atom. The molecule has 1 saturated heterocycles. The monoisotopic (exact) mass is 434 g/mol. The van der Waals surface area contributed by atoms with E-state index < -0.39 is 0 Å². The lowest BCUT2D eigenvalue weighted by atomic mass is 9.94. The number of rotatable bonds is 4. The van der Waals surface area contributed by atoms with E-state index in [1.54, 1.807) is 6.92 Å². The van der Waals surface area contributed by atoms with Gasteiger partial charge >= 0.3 is 0 Å². The molecule has 31 heavy (non-hydrogen) atoms. The molecule has 3 aromatic rings. The molecule has 2 fully saturated rings. The first-order chi connectivity index (χ1) is 15.1. The van der Waals surface area contributed by atoms with E-state index in [1.807, 2.05) is 36.5 Å². The highest BCUT2D eigenvalue weighted by Crippen LogP contribution is 2.43. The van der Waals surface area contributed by atoms with Gasteiger partial charge in [-0.25, -0.2) is 4.39 Å². The van der Waals surface area contributed by atoms with Crippen molar-refractivity contribution < 1.29 is 4.39 Å². The van der Waals surface area contributed by atoms with Crippen LogP contribution in [0.15, 0.2) is 60.9 Å². The van der Waals surface area contributed by atoms with Crippen molar-refractivity contribution in [2.45, 2.75) is 57.2 Å². The average molecular weight is 435 g/mol. The van der Waals surface area contributed by atoms with Crippen molar-refractivity contribution in [1.82, 2.24) is 14.9 Å². The van der Waals surface area contributed by atoms with Crippen molar-refractivity contribution in [3.8, 4) is 0 Å². The van der Waals surface area contributed by atoms with Crippen molar-refractivity contribution in [3.05, 3.63) is 83.7 Å². The van der Waals surface area contributed by atoms with Gasteiger partial charge in [0.2, 0.25) is 0 Å². The molecule has 160 valence electrons. The summed E-state index contributed by atoms with van der Waals surface area (Å²) in [4.78, 5) is 6.77. The van der Waals surface area contributed by atoms with Gasteiger partial charge in [0.25, 0.3) is 0 Å². The third-order valence-corrected chi connectivity index (χ3v) is 6.92. The minimum atomic E-state index is -0.203. The van der Waals surface area contributed by atoms with Crippen LogP contribution in [-0.4, -0.2) is 14.7 Å². The number of halogens is 1. The molecular weight excluding hydrogens is 407 g/mol. The molecule has 0 amide bonds. The van der Waals surface area contributed by atoms with E-state index in [9.17, 15) is 4.39 Å². The van der Waals surface area contributed by atoms with Gasteiger partial charge in [0.15, 0.2) is 5.11 Å². The van der Waals surface area contributed by atoms with E-state index in [-0.39, 0.29) is 17.9 Å². The predicted octanol–water partition coefficient (Wildman–Crippen LogP) is 6.01. The predicted molar refractivity (Wildman–Crippen MR) is 126 cm³/mol. The molecule has 4 nitrogen and oxygen atoms in total. The zero-order chi connectivity index (χ0) is 21.4. The molecular formula is C25H27FN4S. The summed E-state index contributed by atoms with van der Waals surface area (Å²) in [5.41, 5.74) is 3.68. The summed E-state index contributed by atoms with van der Waals surface area (Å²) in [6.07, 6.45) is 10.3. The van der Waals surface area contributed by atoms with Gasteiger partial charge in [0.1, 0.15) is 11.9 Å². The third-order valence-electron chi connectivity index (χ3n) is 6.60. The molecule has 1 aliphatic heterocycles. The lowest BCUT2D eigenvalue weighted by Crippen LogP contribution is -2.31. The van der Waals surface area contributed by atoms with Gasteiger partial charge in [-0.15, -0.1) is 0 Å². The summed E-state index contributed by atoms with van der Waals surface area (Å²) >= 11 is 5.81. The Hall–Kier alpha value is -2.73. The molecule has 0 radical (unpaired) electrons. The fourth-order valence-corrected chi connectivity index (χ4v) is 5.41. The van der Waals surface area contributed by atoms with Crippen LogP contribution in [0.1, 0.15) is 67.2 Å². The van der Waals surface area contributed by atoms with Crippen LogP contribution >= 0.6 is 12.2 Å². The fraction of sp³-hybridized carbons (Fsp3) is 0.360. The van der Waals surface area contributed by atoms with Gasteiger partial charge < -0.3 is 14.8 Å². The molecule has 1 aromatic carbocycles. The summed E-state index contributed by atoms with van der Waals surface area (Å²) in [7, 11) is 0. The third kappa shape index (κ3) is 3.74. The summed E-state index contributed by atoms with van der Waals surface area (Å²) in [5, 5.41) is 4.15. The highest BCUT2D eigenvalue weighted by Gasteiger charge is 2.42. The van der Waals surface area contributed by atoms with Gasteiger partial charge in [-0.05, 0) is 80.0 Å². The second-order valence-electron chi connectivity index (χ2n) is 8.56. The molecule has 1 saturated carbocycles. The van der Waals surface area contributed by atoms with Crippen LogP contribution < -0.4 is 10.2 Å². The van der Waals surface area contributed by atoms with Gasteiger partial charge in [-0.3, -0.25) is 4.98 Å². The Kier molecular flexibility index (Phi) is 5.48. The minimum absolute atomic E-state index is 0.0656. The van der Waals surface area contributed by atoms with Crippen LogP contribution in [0.3, 0.4) is 0 Å². The van der Waals surface area contributed by atoms with E-state index in [2.05, 4.69) is 38.1 Å². The Morgan fingerprint density at radius 3 is 2.65 bits per heavy atom. The maximum absolute atomic E-state index is 14.0. The second kappa shape index (κ2) is 8.42. The molecule has 1 aliphatic carbocycles. The molecule has 6 heteroatoms. The van der Waals surface area contributed by atoms with E-state index in [0.717, 1.165) is 11.4 Å². The Balaban J connectivity index is 1.62. The quantitative estimate of drug-likeness (QED) is 0.510. The van der Waals surface area contributed by atoms with Crippen molar-refractivity contribution in [2.24, 2.45) is 0 Å². The standard InChI is InChI=1S/C25H27FN4S/c1-17-16-19(12-13-20(17)26)30-24(23(28-25(30)31)21-10-5-6-14-27-21)22-11-7-15-29(22)18-8-3-2-4-9-18/h5-7,10-16,18,23-24H,2-4,8-9H2,1H3,(H,28,31)/t23-,24-/m0/s1. The molecule has 5 rings (SSSR count). The minimum Gasteiger partial charge on any atom is -0.351 e. The number of pyridine rings is 1. The number of aromatic nitrogens is 2. The van der Waals surface area contributed by atoms with Gasteiger partial charge in [-0.1, -0.05) is 25.3 Å². The number of thiocarbonyl (C=S) groups is 1. The van der Waals surface area contributed by atoms with Gasteiger partial charge in [0.05, 0.1) is 11.7 Å². The molecule has 3 heterocycles. The Bertz CT molecular complexity index is 1070. The zero-order valence-corrected chi connectivity index (χ0v) is 18.5. The number of hydrogen-bond donors (Lipinski definition) is 1. The normalized spacial score (nSPS) is 22.0. The molecule has 0 bridgehead atoms. The SMILES string of the molecule is Cc1cc(N2C(=S)N[C@@H](c3ccccn3)[C@@H]2c2cccn2C2CCCCC2)ccc1F. The highest BCUT2D eigenvalue weighted by molar-refractivity contribution is 7.80. The maximum Gasteiger partial charge on any atom is 0.174 e. The first-order valence-electron chi connectivity index (χ1n) is 11.1. The molecule has 2 atom stereocenters. The first-order valence-corrected chi connectivity index (χ1v) is 11.5. The number of benzene rings is 1. The highest BCUT2D eigenvalue weighted by atomic mass is 32.1. The fourth-order valence-electron chi connectivity index (χ4n) is 5.06. The topological polar surface area (TPSA) is 33.1 Å². The zero-order valence-electron chi connectivity index (χ0n) is 17.7. The lowest BCUT2D eigenvalue weighted by molar-refractivity contribution is 0.340. The summed E-state index contributed by atoms with van der Waals surface area (Å²) in [6, 6.07) is 15.9. The van der Waals surface area contributed by atoms with Crippen LogP contribution in [0.4, 0.5) is 10.1 Å². The number of nitrogens with zero attached hydrogens (tertiary/aromatic N) is 3. The Labute approximate surface area is 188 Å². The first kappa shape index (κ1) is 20.2. The van der Waals surface area contributed by atoms with Crippen LogP contribution in [0, 0.1) is 12.7 Å². The molecule has 2 aliphatic rings. The van der Waals surface area contributed by atoms with E-state index >= 15 is 0 Å². The number of hydrogen-bond acceptors (Lipinski definition) is 2. The van der Waals surface area contributed by atoms with E-state index in [4.69, 9.17) is 12.2 Å². The van der Waals surface area contributed by atoms with Crippen molar-refractivity contribution in [1.29, 1.82) is 0 Å². The van der Waals surface area contributed by atoms with Gasteiger partial charge in [0, 0.05) is 29.8 Å². The molecule has 2 aromatic heterocycles. The van der Waals surface area contributed by atoms with Crippen molar-refractivity contribution in [2.75, 3.05) is 4.90 Å². The Morgan fingerprint density at radius 2 is 1.90 bits per heavy atom. The smallest absolute Gasteiger partial charge is 0.174 e. The number of anilines is 1. The van der Waals surface area contributed by atoms with Crippen molar-refractivity contribution in [3.63, 3.8) is 0 Å². The second-order valence-corrected chi connectivity index (χ2v) is 8.95. The van der Waals surface area contributed by atoms with Gasteiger partial charge in [-0.2, -0.15) is 0 Å². The van der Waals surface area contributed by atoms with Crippen LogP contribution in [-0.2, 0) is 0 Å². The molecule has 1 N–H and O–H groups in total. The van der Waals surface area contributed by atoms with E-state index in [0.29, 0.717) is 16.7 Å². The lowest BCUT2D eigenvalue weighted by Gasteiger charge is -2.32. The number of aryl methyl sites for hydroxylation is 1. The summed E-state index contributed by atoms with van der Waals surface area (Å²) in [6.45, 7) is 1.79. The number of nitrogens with one attached hydrogen (secondary N) is 1. The largest absolute Gasteiger partial charge is 0.351 e. The van der Waals surface area contributed by atoms with Crippen molar-refractivity contribution >= 4 is 23.0 Å². The summed E-state index contributed by atoms with van der Waals surface area (Å²) < 4.78 is 16.5. The van der Waals surface area contributed by atoms with Crippen LogP contribution in [0.5, 0.6) is 0 Å². The molecule has 0 unspecified atom stereocenters. The molecule has 0 spiro atoms. The van der Waals surface area contributed by atoms with Crippen LogP contribution in [0.25, 0.3) is 0 Å². The van der Waals surface area contributed by atoms with E-state index in [1.165, 1.54) is 43.9 Å². The maximum atomic E-state index is 14.0. The summed E-state index contributed by atoms with van der Waals surface area (Å²) in [5.74, 6) is -0.203. The van der Waals surface area contributed by atoms with Crippen LogP contribution in [0.2, 0.25) is 0 Å².